The van der Waals surface area contributed by atoms with Crippen molar-refractivity contribution in [2.24, 2.45) is 5.10 Å². The third kappa shape index (κ3) is 4.53. The highest BCUT2D eigenvalue weighted by Crippen LogP contribution is 2.33. The predicted molar refractivity (Wildman–Crippen MR) is 89.2 cm³/mol. The van der Waals surface area contributed by atoms with Crippen LogP contribution in [-0.4, -0.2) is 28.2 Å². The van der Waals surface area contributed by atoms with Crippen molar-refractivity contribution in [1.82, 2.24) is 9.97 Å². The normalized spacial score (nSPS) is 10.8. The molecule has 10 nitrogen and oxygen atoms in total. The van der Waals surface area contributed by atoms with E-state index in [0.717, 1.165) is 12.5 Å². The van der Waals surface area contributed by atoms with E-state index in [1.807, 2.05) is 6.92 Å². The molecule has 1 aromatic carbocycles. The van der Waals surface area contributed by atoms with Crippen molar-refractivity contribution in [1.29, 1.82) is 0 Å². The minimum atomic E-state index is -0.809. The lowest BCUT2D eigenvalue weighted by molar-refractivity contribution is -0.398. The average Bonchev–Trinajstić information content (AvgIpc) is 2.55. The number of rotatable bonds is 7. The number of aromatic nitrogens is 2. The first kappa shape index (κ1) is 17.9. The molecule has 0 unspecified atom stereocenters. The lowest BCUT2D eigenvalue weighted by Gasteiger charge is -2.12. The first-order valence-corrected chi connectivity index (χ1v) is 7.37. The van der Waals surface area contributed by atoms with Crippen LogP contribution in [0.5, 0.6) is 11.5 Å². The van der Waals surface area contributed by atoms with Gasteiger partial charge in [0.15, 0.2) is 0 Å². The third-order valence-electron chi connectivity index (χ3n) is 3.16. The van der Waals surface area contributed by atoms with Gasteiger partial charge >= 0.3 is 0 Å². The molecule has 0 radical (unpaired) electrons. The lowest BCUT2D eigenvalue weighted by atomic mass is 10.2. The second kappa shape index (κ2) is 7.90. The van der Waals surface area contributed by atoms with Gasteiger partial charge in [-0.1, -0.05) is 13.3 Å². The quantitative estimate of drug-likeness (QED) is 0.434. The summed E-state index contributed by atoms with van der Waals surface area (Å²) in [5.74, 6) is -0.822. The lowest BCUT2D eigenvalue weighted by Crippen LogP contribution is -2.12. The number of ether oxygens (including phenoxy) is 1. The molecule has 0 atom stereocenters. The number of hydrazone groups is 1. The minimum Gasteiger partial charge on any atom is -0.865 e. The van der Waals surface area contributed by atoms with Crippen LogP contribution in [0, 0.1) is 10.1 Å². The molecule has 2 aromatic rings. The Kier molecular flexibility index (Phi) is 5.66. The Balaban J connectivity index is 2.24. The topological polar surface area (TPSA) is 146 Å². The number of aromatic amines is 1. The summed E-state index contributed by atoms with van der Waals surface area (Å²) in [7, 11) is 1.24. The molecule has 0 aliphatic rings. The van der Waals surface area contributed by atoms with E-state index in [1.165, 1.54) is 25.5 Å². The zero-order valence-corrected chi connectivity index (χ0v) is 13.6. The van der Waals surface area contributed by atoms with E-state index in [4.69, 9.17) is 4.74 Å². The Morgan fingerprint density at radius 3 is 2.84 bits per heavy atom. The standard InChI is InChI=1S/C15H17N5O5/c1-3-4-10-7-13(21)18-15(17-10)19-16-8-9-5-11(20(23)24)14(22)12(6-9)25-2/h5-8,22H,3-4H2,1-2H3,(H2,17,18,19,21)/p-1/b16-8+. The Labute approximate surface area is 142 Å². The maximum Gasteiger partial charge on any atom is 0.266 e. The molecule has 0 saturated heterocycles. The van der Waals surface area contributed by atoms with Gasteiger partial charge in [-0.2, -0.15) is 5.10 Å². The van der Waals surface area contributed by atoms with Crippen LogP contribution in [0.25, 0.3) is 0 Å². The smallest absolute Gasteiger partial charge is 0.266 e. The van der Waals surface area contributed by atoms with E-state index in [1.54, 1.807) is 0 Å². The van der Waals surface area contributed by atoms with Crippen LogP contribution >= 0.6 is 0 Å². The summed E-state index contributed by atoms with van der Waals surface area (Å²) in [6.45, 7) is 1.97. The molecular weight excluding hydrogens is 330 g/mol. The summed E-state index contributed by atoms with van der Waals surface area (Å²) in [6.07, 6.45) is 2.74. The fourth-order valence-corrected chi connectivity index (χ4v) is 2.08. The van der Waals surface area contributed by atoms with E-state index in [2.05, 4.69) is 20.5 Å². The van der Waals surface area contributed by atoms with E-state index in [0.29, 0.717) is 12.1 Å². The molecule has 1 aromatic heterocycles. The molecule has 10 heteroatoms. The average molecular weight is 346 g/mol. The van der Waals surface area contributed by atoms with Crippen LogP contribution in [0.15, 0.2) is 28.1 Å². The zero-order valence-electron chi connectivity index (χ0n) is 13.6. The number of hydrogen-bond acceptors (Lipinski definition) is 8. The number of nitro groups is 1. The highest BCUT2D eigenvalue weighted by molar-refractivity contribution is 5.83. The summed E-state index contributed by atoms with van der Waals surface area (Å²) in [4.78, 5) is 28.3. The number of benzene rings is 1. The van der Waals surface area contributed by atoms with Crippen LogP contribution in [0.4, 0.5) is 11.6 Å². The van der Waals surface area contributed by atoms with Crippen LogP contribution < -0.4 is 20.8 Å². The number of H-pyrrole nitrogens is 1. The number of hydrogen-bond donors (Lipinski definition) is 2. The van der Waals surface area contributed by atoms with Crippen molar-refractivity contribution in [3.05, 3.63) is 49.9 Å². The number of nitrogens with zero attached hydrogens (tertiary/aromatic N) is 3. The van der Waals surface area contributed by atoms with Gasteiger partial charge in [-0.15, -0.1) is 0 Å². The Bertz CT molecular complexity index is 862. The van der Waals surface area contributed by atoms with Crippen molar-refractivity contribution in [3.8, 4) is 11.5 Å². The number of nitro benzene ring substituents is 1. The van der Waals surface area contributed by atoms with Crippen molar-refractivity contribution < 1.29 is 14.8 Å². The third-order valence-corrected chi connectivity index (χ3v) is 3.16. The second-order valence-electron chi connectivity index (χ2n) is 5.03. The molecule has 0 saturated carbocycles. The minimum absolute atomic E-state index is 0.147. The van der Waals surface area contributed by atoms with Crippen molar-refractivity contribution in [2.45, 2.75) is 19.8 Å². The summed E-state index contributed by atoms with van der Waals surface area (Å²) < 4.78 is 4.84. The largest absolute Gasteiger partial charge is 0.865 e. The molecule has 25 heavy (non-hydrogen) atoms. The molecule has 0 spiro atoms. The van der Waals surface area contributed by atoms with Crippen LogP contribution in [0.1, 0.15) is 24.6 Å². The molecule has 2 N–H and O–H groups in total. The predicted octanol–water partition coefficient (Wildman–Crippen LogP) is 1.16. The monoisotopic (exact) mass is 346 g/mol. The van der Waals surface area contributed by atoms with Crippen molar-refractivity contribution in [2.75, 3.05) is 12.5 Å². The van der Waals surface area contributed by atoms with Gasteiger partial charge in [0.05, 0.1) is 18.2 Å². The number of methoxy groups -OCH3 is 1. The Hall–Kier alpha value is -3.43. The fraction of sp³-hybridized carbons (Fsp3) is 0.267. The van der Waals surface area contributed by atoms with Gasteiger partial charge in [0.1, 0.15) is 5.75 Å². The number of aryl methyl sites for hydroxylation is 1. The number of anilines is 1. The molecule has 0 aliphatic heterocycles. The van der Waals surface area contributed by atoms with E-state index >= 15 is 0 Å². The summed E-state index contributed by atoms with van der Waals surface area (Å²) in [5.41, 5.74) is 2.52. The Morgan fingerprint density at radius 2 is 2.20 bits per heavy atom. The molecule has 0 amide bonds. The van der Waals surface area contributed by atoms with Gasteiger partial charge in [0.2, 0.25) is 5.95 Å². The van der Waals surface area contributed by atoms with Crippen LogP contribution in [-0.2, 0) is 6.42 Å². The molecule has 0 bridgehead atoms. The van der Waals surface area contributed by atoms with Crippen LogP contribution in [0.3, 0.4) is 0 Å². The molecule has 0 aliphatic carbocycles. The number of nitrogens with one attached hydrogen (secondary N) is 2. The maximum atomic E-state index is 11.7. The highest BCUT2D eigenvalue weighted by atomic mass is 16.6. The SMILES string of the molecule is CCCc1cc(=O)[nH]c(N/N=C/c2cc(OC)c([O-])c([N+](=O)[O-])c2)n1. The first-order valence-electron chi connectivity index (χ1n) is 7.37. The van der Waals surface area contributed by atoms with Gasteiger partial charge in [0, 0.05) is 29.1 Å². The summed E-state index contributed by atoms with van der Waals surface area (Å²) in [5, 5.41) is 26.5. The summed E-state index contributed by atoms with van der Waals surface area (Å²) >= 11 is 0. The molecule has 2 rings (SSSR count). The molecule has 1 heterocycles. The van der Waals surface area contributed by atoms with Crippen molar-refractivity contribution >= 4 is 17.9 Å². The first-order chi connectivity index (χ1) is 11.9. The molecular formula is C15H16N5O5-. The van der Waals surface area contributed by atoms with E-state index in [-0.39, 0.29) is 22.8 Å². The van der Waals surface area contributed by atoms with Gasteiger partial charge < -0.3 is 9.84 Å². The summed E-state index contributed by atoms with van der Waals surface area (Å²) in [6, 6.07) is 3.81. The zero-order chi connectivity index (χ0) is 18.4. The van der Waals surface area contributed by atoms with Gasteiger partial charge in [-0.3, -0.25) is 19.9 Å². The molecule has 132 valence electrons. The van der Waals surface area contributed by atoms with Gasteiger partial charge in [-0.05, 0) is 12.5 Å². The maximum absolute atomic E-state index is 11.7. The Morgan fingerprint density at radius 1 is 1.44 bits per heavy atom. The molecule has 0 fully saturated rings. The van der Waals surface area contributed by atoms with Crippen molar-refractivity contribution in [3.63, 3.8) is 0 Å². The van der Waals surface area contributed by atoms with E-state index in [9.17, 15) is 20.0 Å². The van der Waals surface area contributed by atoms with Gasteiger partial charge in [-0.25, -0.2) is 10.4 Å². The fourth-order valence-electron chi connectivity index (χ4n) is 2.08. The van der Waals surface area contributed by atoms with E-state index < -0.39 is 16.4 Å². The second-order valence-corrected chi connectivity index (χ2v) is 5.03. The van der Waals surface area contributed by atoms with Gasteiger partial charge in [0.25, 0.3) is 11.2 Å². The van der Waals surface area contributed by atoms with Crippen LogP contribution in [0.2, 0.25) is 0 Å². The highest BCUT2D eigenvalue weighted by Gasteiger charge is 2.12.